The van der Waals surface area contributed by atoms with Gasteiger partial charge in [0.15, 0.2) is 5.69 Å². The molecule has 40 heavy (non-hydrogen) atoms. The monoisotopic (exact) mass is 555 g/mol. The van der Waals surface area contributed by atoms with Crippen molar-refractivity contribution in [2.24, 2.45) is 11.8 Å². The largest absolute Gasteiger partial charge is 0.435 e. The summed E-state index contributed by atoms with van der Waals surface area (Å²) < 4.78 is 41.6. The molecule has 0 aliphatic heterocycles. The van der Waals surface area contributed by atoms with Crippen LogP contribution in [0.1, 0.15) is 47.3 Å². The molecule has 0 radical (unpaired) electrons. The minimum Gasteiger partial charge on any atom is -0.354 e. The zero-order chi connectivity index (χ0) is 28.7. The fraction of sp³-hybridized carbons (Fsp3) is 0.379. The highest BCUT2D eigenvalue weighted by Crippen LogP contribution is 2.32. The van der Waals surface area contributed by atoms with Crippen LogP contribution in [0.15, 0.2) is 66.9 Å². The molecule has 1 heterocycles. The molecule has 1 fully saturated rings. The van der Waals surface area contributed by atoms with Gasteiger partial charge in [-0.2, -0.15) is 18.3 Å². The predicted octanol–water partition coefficient (Wildman–Crippen LogP) is 4.20. The number of aromatic nitrogens is 2. The number of rotatable bonds is 9. The molecule has 3 aromatic rings. The summed E-state index contributed by atoms with van der Waals surface area (Å²) in [6.45, 7) is 0.553. The standard InChI is InChI=1S/C29H32F3N5O3/c1-36(18-20-8-4-2-5-9-20)28(40)22-14-12-21(13-15-22)26(38)33-16-17-34-27(39)24-19-37(23-10-6-3-7-11-23)35-25(24)29(30,31)32/h2-11,19,21-22H,12-18H2,1H3,(H,33,38)(H,34,39)/t21-,22-. The number of carbonyl (C=O) groups is 3. The molecule has 212 valence electrons. The molecule has 2 aromatic carbocycles. The molecule has 0 bridgehead atoms. The van der Waals surface area contributed by atoms with E-state index in [1.54, 1.807) is 42.3 Å². The van der Waals surface area contributed by atoms with Crippen molar-refractivity contribution >= 4 is 17.7 Å². The van der Waals surface area contributed by atoms with Gasteiger partial charge >= 0.3 is 6.18 Å². The van der Waals surface area contributed by atoms with Crippen LogP contribution in [-0.4, -0.2) is 52.5 Å². The molecule has 3 amide bonds. The summed E-state index contributed by atoms with van der Waals surface area (Å²) in [5.74, 6) is -1.43. The Morgan fingerprint density at radius 2 is 1.48 bits per heavy atom. The van der Waals surface area contributed by atoms with E-state index in [2.05, 4.69) is 15.7 Å². The minimum absolute atomic E-state index is 0.0451. The van der Waals surface area contributed by atoms with Crippen LogP contribution < -0.4 is 10.6 Å². The van der Waals surface area contributed by atoms with Gasteiger partial charge in [0.2, 0.25) is 11.8 Å². The summed E-state index contributed by atoms with van der Waals surface area (Å²) >= 11 is 0. The molecule has 0 unspecified atom stereocenters. The van der Waals surface area contributed by atoms with Gasteiger partial charge in [0, 0.05) is 44.7 Å². The molecular formula is C29H32F3N5O3. The molecule has 2 N–H and O–H groups in total. The van der Waals surface area contributed by atoms with Gasteiger partial charge in [-0.15, -0.1) is 0 Å². The number of nitrogens with one attached hydrogen (secondary N) is 2. The van der Waals surface area contributed by atoms with Crippen LogP contribution in [0.25, 0.3) is 5.69 Å². The Labute approximate surface area is 230 Å². The number of halogens is 3. The Morgan fingerprint density at radius 1 is 0.900 bits per heavy atom. The van der Waals surface area contributed by atoms with Crippen molar-refractivity contribution in [2.75, 3.05) is 20.1 Å². The molecular weight excluding hydrogens is 523 g/mol. The fourth-order valence-electron chi connectivity index (χ4n) is 4.91. The lowest BCUT2D eigenvalue weighted by Gasteiger charge is -2.30. The van der Waals surface area contributed by atoms with Crippen LogP contribution in [0, 0.1) is 11.8 Å². The van der Waals surface area contributed by atoms with E-state index in [1.165, 1.54) is 0 Å². The summed E-state index contributed by atoms with van der Waals surface area (Å²) in [5.41, 5.74) is -0.432. The van der Waals surface area contributed by atoms with E-state index in [9.17, 15) is 27.6 Å². The average molecular weight is 556 g/mol. The Morgan fingerprint density at radius 3 is 2.10 bits per heavy atom. The van der Waals surface area contributed by atoms with Crippen molar-refractivity contribution < 1.29 is 27.6 Å². The zero-order valence-electron chi connectivity index (χ0n) is 22.2. The van der Waals surface area contributed by atoms with E-state index < -0.39 is 23.3 Å². The summed E-state index contributed by atoms with van der Waals surface area (Å²) in [6, 6.07) is 17.9. The first kappa shape index (κ1) is 28.8. The van der Waals surface area contributed by atoms with Crippen molar-refractivity contribution in [3.63, 3.8) is 0 Å². The van der Waals surface area contributed by atoms with Crippen molar-refractivity contribution in [3.8, 4) is 5.69 Å². The first-order valence-corrected chi connectivity index (χ1v) is 13.2. The number of nitrogens with zero attached hydrogens (tertiary/aromatic N) is 3. The summed E-state index contributed by atoms with van der Waals surface area (Å²) in [7, 11) is 1.78. The SMILES string of the molecule is CN(Cc1ccccc1)C(=O)[C@H]1CC[C@H](C(=O)NCCNC(=O)c2cn(-c3ccccc3)nc2C(F)(F)F)CC1. The molecule has 8 nitrogen and oxygen atoms in total. The van der Waals surface area contributed by atoms with Crippen LogP contribution in [-0.2, 0) is 22.3 Å². The molecule has 1 aliphatic rings. The third kappa shape index (κ3) is 7.28. The number of hydrogen-bond acceptors (Lipinski definition) is 4. The number of carbonyl (C=O) groups excluding carboxylic acids is 3. The highest BCUT2D eigenvalue weighted by Gasteiger charge is 2.39. The van der Waals surface area contributed by atoms with E-state index in [1.807, 2.05) is 30.3 Å². The maximum atomic E-state index is 13.5. The zero-order valence-corrected chi connectivity index (χ0v) is 22.2. The first-order valence-electron chi connectivity index (χ1n) is 13.2. The lowest BCUT2D eigenvalue weighted by molar-refractivity contribution is -0.141. The average Bonchev–Trinajstić information content (AvgIpc) is 3.43. The second-order valence-electron chi connectivity index (χ2n) is 9.94. The normalized spacial score (nSPS) is 17.2. The predicted molar refractivity (Wildman–Crippen MR) is 142 cm³/mol. The van der Waals surface area contributed by atoms with Crippen molar-refractivity contribution in [2.45, 2.75) is 38.4 Å². The summed E-state index contributed by atoms with van der Waals surface area (Å²) in [6.07, 6.45) is -1.40. The highest BCUT2D eigenvalue weighted by atomic mass is 19.4. The van der Waals surface area contributed by atoms with E-state index >= 15 is 0 Å². The lowest BCUT2D eigenvalue weighted by Crippen LogP contribution is -2.40. The second kappa shape index (κ2) is 12.8. The molecule has 0 atom stereocenters. The number of para-hydroxylation sites is 1. The molecule has 1 aliphatic carbocycles. The van der Waals surface area contributed by atoms with Crippen LogP contribution in [0.5, 0.6) is 0 Å². The smallest absolute Gasteiger partial charge is 0.354 e. The highest BCUT2D eigenvalue weighted by molar-refractivity contribution is 5.95. The third-order valence-electron chi connectivity index (χ3n) is 7.04. The summed E-state index contributed by atoms with van der Waals surface area (Å²) in [4.78, 5) is 39.8. The number of benzene rings is 2. The minimum atomic E-state index is -4.81. The fourth-order valence-corrected chi connectivity index (χ4v) is 4.91. The van der Waals surface area contributed by atoms with Gasteiger partial charge in [0.1, 0.15) is 0 Å². The van der Waals surface area contributed by atoms with Crippen LogP contribution in [0.2, 0.25) is 0 Å². The lowest BCUT2D eigenvalue weighted by atomic mass is 9.81. The van der Waals surface area contributed by atoms with Gasteiger partial charge in [-0.1, -0.05) is 48.5 Å². The van der Waals surface area contributed by atoms with E-state index in [-0.39, 0.29) is 36.7 Å². The number of amides is 3. The van der Waals surface area contributed by atoms with E-state index in [0.717, 1.165) is 16.4 Å². The molecule has 1 aromatic heterocycles. The molecule has 4 rings (SSSR count). The van der Waals surface area contributed by atoms with E-state index in [4.69, 9.17) is 0 Å². The Hall–Kier alpha value is -4.15. The van der Waals surface area contributed by atoms with Crippen molar-refractivity contribution in [3.05, 3.63) is 83.7 Å². The Balaban J connectivity index is 1.22. The molecule has 11 heteroatoms. The van der Waals surface area contributed by atoms with Gasteiger partial charge in [0.25, 0.3) is 5.91 Å². The van der Waals surface area contributed by atoms with Crippen LogP contribution in [0.3, 0.4) is 0 Å². The Kier molecular flexibility index (Phi) is 9.23. The number of hydrogen-bond donors (Lipinski definition) is 2. The van der Waals surface area contributed by atoms with Gasteiger partial charge in [-0.05, 0) is 43.4 Å². The van der Waals surface area contributed by atoms with Gasteiger partial charge in [0.05, 0.1) is 11.3 Å². The van der Waals surface area contributed by atoms with Gasteiger partial charge < -0.3 is 15.5 Å². The third-order valence-corrected chi connectivity index (χ3v) is 7.04. The van der Waals surface area contributed by atoms with Gasteiger partial charge in [-0.3, -0.25) is 14.4 Å². The van der Waals surface area contributed by atoms with Crippen molar-refractivity contribution in [1.82, 2.24) is 25.3 Å². The maximum Gasteiger partial charge on any atom is 0.435 e. The Bertz CT molecular complexity index is 1300. The topological polar surface area (TPSA) is 96.3 Å². The van der Waals surface area contributed by atoms with Crippen LogP contribution >= 0.6 is 0 Å². The molecule has 1 saturated carbocycles. The van der Waals surface area contributed by atoms with E-state index in [0.29, 0.717) is 37.9 Å². The summed E-state index contributed by atoms with van der Waals surface area (Å²) in [5, 5.41) is 8.75. The second-order valence-corrected chi connectivity index (χ2v) is 9.94. The first-order chi connectivity index (χ1) is 19.1. The van der Waals surface area contributed by atoms with Gasteiger partial charge in [-0.25, -0.2) is 4.68 Å². The quantitative estimate of drug-likeness (QED) is 0.387. The van der Waals surface area contributed by atoms with Crippen molar-refractivity contribution in [1.29, 1.82) is 0 Å². The maximum absolute atomic E-state index is 13.5. The van der Waals surface area contributed by atoms with Crippen LogP contribution in [0.4, 0.5) is 13.2 Å². The molecule has 0 saturated heterocycles. The number of alkyl halides is 3. The molecule has 0 spiro atoms.